The first kappa shape index (κ1) is 13.3. The summed E-state index contributed by atoms with van der Waals surface area (Å²) >= 11 is 1.46. The van der Waals surface area contributed by atoms with Gasteiger partial charge in [0, 0.05) is 13.1 Å². The highest BCUT2D eigenvalue weighted by atomic mass is 32.1. The van der Waals surface area contributed by atoms with E-state index in [9.17, 15) is 4.79 Å². The van der Waals surface area contributed by atoms with Crippen molar-refractivity contribution in [3.8, 4) is 0 Å². The molecule has 0 unspecified atom stereocenters. The second-order valence-electron chi connectivity index (χ2n) is 3.90. The van der Waals surface area contributed by atoms with Gasteiger partial charge in [0.25, 0.3) is 0 Å². The Morgan fingerprint density at radius 1 is 1.32 bits per heavy atom. The number of amides is 2. The van der Waals surface area contributed by atoms with E-state index in [0.717, 1.165) is 10.2 Å². The first-order chi connectivity index (χ1) is 9.24. The van der Waals surface area contributed by atoms with Crippen molar-refractivity contribution in [1.29, 1.82) is 0 Å². The molecule has 1 N–H and O–H groups in total. The largest absolute Gasteiger partial charge is 0.324 e. The Hall–Kier alpha value is -2.14. The smallest absolute Gasteiger partial charge is 0.317 e. The molecule has 1 aromatic carbocycles. The van der Waals surface area contributed by atoms with Gasteiger partial charge in [0.15, 0.2) is 5.13 Å². The minimum atomic E-state index is -0.196. The molecule has 0 saturated heterocycles. The number of carbonyl (C=O) groups is 1. The van der Waals surface area contributed by atoms with Gasteiger partial charge in [0.05, 0.1) is 10.2 Å². The van der Waals surface area contributed by atoms with Gasteiger partial charge in [-0.3, -0.25) is 5.32 Å². The Balaban J connectivity index is 2.12. The third-order valence-corrected chi connectivity index (χ3v) is 3.45. The Morgan fingerprint density at radius 2 is 2.00 bits per heavy atom. The lowest BCUT2D eigenvalue weighted by Crippen LogP contribution is -2.35. The van der Waals surface area contributed by atoms with E-state index >= 15 is 0 Å². The zero-order valence-electron chi connectivity index (χ0n) is 10.5. The van der Waals surface area contributed by atoms with Crippen molar-refractivity contribution in [1.82, 2.24) is 9.88 Å². The molecule has 1 aromatic heterocycles. The van der Waals surface area contributed by atoms with Gasteiger partial charge < -0.3 is 4.90 Å². The summed E-state index contributed by atoms with van der Waals surface area (Å²) in [6.45, 7) is 8.23. The summed E-state index contributed by atoms with van der Waals surface area (Å²) in [6.07, 6.45) is 3.36. The number of rotatable bonds is 5. The topological polar surface area (TPSA) is 45.2 Å². The van der Waals surface area contributed by atoms with Crippen LogP contribution in [0, 0.1) is 0 Å². The summed E-state index contributed by atoms with van der Waals surface area (Å²) in [7, 11) is 0. The van der Waals surface area contributed by atoms with E-state index in [0.29, 0.717) is 18.2 Å². The molecule has 0 aliphatic heterocycles. The highest BCUT2D eigenvalue weighted by Crippen LogP contribution is 2.25. The molecule has 0 bridgehead atoms. The lowest BCUT2D eigenvalue weighted by Gasteiger charge is -2.18. The normalized spacial score (nSPS) is 10.1. The molecule has 5 heteroatoms. The van der Waals surface area contributed by atoms with E-state index in [2.05, 4.69) is 23.5 Å². The fourth-order valence-electron chi connectivity index (χ4n) is 1.65. The average Bonchev–Trinajstić information content (AvgIpc) is 2.80. The number of benzene rings is 1. The van der Waals surface area contributed by atoms with Crippen molar-refractivity contribution in [3.05, 3.63) is 49.6 Å². The van der Waals surface area contributed by atoms with Gasteiger partial charge in [-0.2, -0.15) is 0 Å². The van der Waals surface area contributed by atoms with Gasteiger partial charge in [-0.1, -0.05) is 35.6 Å². The van der Waals surface area contributed by atoms with E-state index in [1.807, 2.05) is 24.3 Å². The number of aromatic nitrogens is 1. The van der Waals surface area contributed by atoms with Crippen LogP contribution < -0.4 is 5.32 Å². The van der Waals surface area contributed by atoms with Crippen molar-refractivity contribution in [2.75, 3.05) is 18.4 Å². The zero-order chi connectivity index (χ0) is 13.7. The quantitative estimate of drug-likeness (QED) is 0.847. The standard InChI is InChI=1S/C14H15N3OS/c1-3-9-17(10-4-2)14(18)16-13-15-11-7-5-6-8-12(11)19-13/h3-8H,1-2,9-10H2,(H,15,16,18). The van der Waals surface area contributed by atoms with Crippen LogP contribution in [0.25, 0.3) is 10.2 Å². The number of nitrogens with one attached hydrogen (secondary N) is 1. The number of anilines is 1. The van der Waals surface area contributed by atoms with Gasteiger partial charge in [0.2, 0.25) is 0 Å². The Bertz CT molecular complexity index is 563. The van der Waals surface area contributed by atoms with Crippen molar-refractivity contribution in [2.45, 2.75) is 0 Å². The maximum Gasteiger partial charge on any atom is 0.324 e. The molecule has 0 atom stereocenters. The number of para-hydroxylation sites is 1. The van der Waals surface area contributed by atoms with E-state index in [1.54, 1.807) is 17.1 Å². The number of nitrogens with zero attached hydrogens (tertiary/aromatic N) is 2. The Kier molecular flexibility index (Phi) is 4.30. The minimum absolute atomic E-state index is 0.196. The van der Waals surface area contributed by atoms with Crippen LogP contribution in [-0.4, -0.2) is 29.0 Å². The molecule has 2 rings (SSSR count). The summed E-state index contributed by atoms with van der Waals surface area (Å²) in [6, 6.07) is 7.59. The van der Waals surface area contributed by atoms with Crippen LogP contribution >= 0.6 is 11.3 Å². The van der Waals surface area contributed by atoms with Crippen molar-refractivity contribution in [2.24, 2.45) is 0 Å². The summed E-state index contributed by atoms with van der Waals surface area (Å²) in [4.78, 5) is 18.0. The van der Waals surface area contributed by atoms with Crippen LogP contribution in [-0.2, 0) is 0 Å². The maximum absolute atomic E-state index is 12.1. The molecule has 0 fully saturated rings. The zero-order valence-corrected chi connectivity index (χ0v) is 11.3. The van der Waals surface area contributed by atoms with E-state index < -0.39 is 0 Å². The number of fused-ring (bicyclic) bond motifs is 1. The van der Waals surface area contributed by atoms with E-state index in [-0.39, 0.29) is 6.03 Å². The molecule has 1 heterocycles. The highest BCUT2D eigenvalue weighted by Gasteiger charge is 2.12. The van der Waals surface area contributed by atoms with Gasteiger partial charge in [0.1, 0.15) is 0 Å². The summed E-state index contributed by atoms with van der Waals surface area (Å²) < 4.78 is 1.05. The number of urea groups is 1. The number of thiazole rings is 1. The summed E-state index contributed by atoms with van der Waals surface area (Å²) in [5.41, 5.74) is 0.891. The summed E-state index contributed by atoms with van der Waals surface area (Å²) in [5, 5.41) is 3.40. The minimum Gasteiger partial charge on any atom is -0.317 e. The van der Waals surface area contributed by atoms with E-state index in [4.69, 9.17) is 0 Å². The monoisotopic (exact) mass is 273 g/mol. The number of hydrogen-bond donors (Lipinski definition) is 1. The first-order valence-corrected chi connectivity index (χ1v) is 6.69. The fraction of sp³-hybridized carbons (Fsp3) is 0.143. The Morgan fingerprint density at radius 3 is 2.63 bits per heavy atom. The van der Waals surface area contributed by atoms with Gasteiger partial charge in [-0.15, -0.1) is 13.2 Å². The molecule has 0 aliphatic carbocycles. The SMILES string of the molecule is C=CCN(CC=C)C(=O)Nc1nc2ccccc2s1. The molecule has 2 amide bonds. The average molecular weight is 273 g/mol. The lowest BCUT2D eigenvalue weighted by atomic mass is 10.3. The van der Waals surface area contributed by atoms with Gasteiger partial charge in [-0.05, 0) is 12.1 Å². The predicted octanol–water partition coefficient (Wildman–Crippen LogP) is 3.50. The third kappa shape index (κ3) is 3.20. The number of carbonyl (C=O) groups excluding carboxylic acids is 1. The van der Waals surface area contributed by atoms with Crippen LogP contribution in [0.15, 0.2) is 49.6 Å². The van der Waals surface area contributed by atoms with Crippen LogP contribution in [0.4, 0.5) is 9.93 Å². The van der Waals surface area contributed by atoms with Crippen molar-refractivity contribution in [3.63, 3.8) is 0 Å². The van der Waals surface area contributed by atoms with Crippen LogP contribution in [0.5, 0.6) is 0 Å². The second-order valence-corrected chi connectivity index (χ2v) is 4.93. The first-order valence-electron chi connectivity index (χ1n) is 5.88. The maximum atomic E-state index is 12.1. The molecular formula is C14H15N3OS. The summed E-state index contributed by atoms with van der Waals surface area (Å²) in [5.74, 6) is 0. The molecular weight excluding hydrogens is 258 g/mol. The van der Waals surface area contributed by atoms with Crippen molar-refractivity contribution >= 4 is 32.7 Å². The lowest BCUT2D eigenvalue weighted by molar-refractivity contribution is 0.222. The van der Waals surface area contributed by atoms with Gasteiger partial charge in [-0.25, -0.2) is 9.78 Å². The molecule has 0 aliphatic rings. The Labute approximate surface area is 116 Å². The third-order valence-electron chi connectivity index (χ3n) is 2.49. The number of hydrogen-bond acceptors (Lipinski definition) is 3. The predicted molar refractivity (Wildman–Crippen MR) is 80.6 cm³/mol. The molecule has 4 nitrogen and oxygen atoms in total. The van der Waals surface area contributed by atoms with E-state index in [1.165, 1.54) is 11.3 Å². The van der Waals surface area contributed by atoms with Gasteiger partial charge >= 0.3 is 6.03 Å². The van der Waals surface area contributed by atoms with Crippen LogP contribution in [0.2, 0.25) is 0 Å². The molecule has 0 spiro atoms. The van der Waals surface area contributed by atoms with Crippen LogP contribution in [0.1, 0.15) is 0 Å². The molecule has 0 radical (unpaired) electrons. The molecule has 19 heavy (non-hydrogen) atoms. The second kappa shape index (κ2) is 6.15. The van der Waals surface area contributed by atoms with Crippen LogP contribution in [0.3, 0.4) is 0 Å². The molecule has 98 valence electrons. The molecule has 0 saturated carbocycles. The fourth-order valence-corrected chi connectivity index (χ4v) is 2.50. The van der Waals surface area contributed by atoms with Crippen molar-refractivity contribution < 1.29 is 4.79 Å². The highest BCUT2D eigenvalue weighted by molar-refractivity contribution is 7.22. The molecule has 2 aromatic rings.